The lowest BCUT2D eigenvalue weighted by Gasteiger charge is -2.12. The van der Waals surface area contributed by atoms with Gasteiger partial charge in [-0.25, -0.2) is 4.79 Å². The number of hydrogen-bond donors (Lipinski definition) is 2. The monoisotopic (exact) mass is 261 g/mol. The summed E-state index contributed by atoms with van der Waals surface area (Å²) < 4.78 is 0. The maximum atomic E-state index is 11.6. The Morgan fingerprint density at radius 3 is 2.63 bits per heavy atom. The molecule has 100 valence electrons. The largest absolute Gasteiger partial charge is 0.354 e. The Kier molecular flexibility index (Phi) is 4.12. The molecule has 1 saturated heterocycles. The molecule has 0 saturated carbocycles. The standard InChI is InChI=1S/C13H15N3O3/c17-11(8-10-4-2-1-3-5-10)14-6-7-16-12(18)9-15-13(16)19/h1-5H,6-9H2,(H,14,17)(H,15,19). The van der Waals surface area contributed by atoms with Gasteiger partial charge in [0.15, 0.2) is 0 Å². The van der Waals surface area contributed by atoms with E-state index in [1.54, 1.807) is 0 Å². The summed E-state index contributed by atoms with van der Waals surface area (Å²) in [5.74, 6) is -0.388. The molecular weight excluding hydrogens is 246 g/mol. The van der Waals surface area contributed by atoms with Gasteiger partial charge in [-0.05, 0) is 5.56 Å². The van der Waals surface area contributed by atoms with Gasteiger partial charge in [0.25, 0.3) is 0 Å². The van der Waals surface area contributed by atoms with Crippen molar-refractivity contribution in [3.63, 3.8) is 0 Å². The Bertz CT molecular complexity index is 471. The van der Waals surface area contributed by atoms with E-state index in [4.69, 9.17) is 0 Å². The van der Waals surface area contributed by atoms with Gasteiger partial charge in [0.2, 0.25) is 11.8 Å². The summed E-state index contributed by atoms with van der Waals surface area (Å²) in [6.07, 6.45) is 0.293. The zero-order valence-electron chi connectivity index (χ0n) is 10.4. The summed E-state index contributed by atoms with van der Waals surface area (Å²) in [4.78, 5) is 35.2. The highest BCUT2D eigenvalue weighted by atomic mass is 16.2. The third-order valence-corrected chi connectivity index (χ3v) is 2.80. The van der Waals surface area contributed by atoms with Gasteiger partial charge in [-0.3, -0.25) is 14.5 Å². The molecule has 0 spiro atoms. The SMILES string of the molecule is O=C(Cc1ccccc1)NCCN1C(=O)CNC1=O. The van der Waals surface area contributed by atoms with Gasteiger partial charge in [-0.2, -0.15) is 0 Å². The van der Waals surface area contributed by atoms with E-state index in [0.29, 0.717) is 6.42 Å². The number of nitrogens with zero attached hydrogens (tertiary/aromatic N) is 1. The van der Waals surface area contributed by atoms with Crippen molar-refractivity contribution >= 4 is 17.8 Å². The lowest BCUT2D eigenvalue weighted by molar-refractivity contribution is -0.125. The van der Waals surface area contributed by atoms with Crippen LogP contribution in [-0.4, -0.2) is 42.4 Å². The minimum atomic E-state index is -0.401. The molecule has 1 aliphatic rings. The quantitative estimate of drug-likeness (QED) is 0.726. The number of benzene rings is 1. The zero-order valence-corrected chi connectivity index (χ0v) is 10.4. The fourth-order valence-corrected chi connectivity index (χ4v) is 1.83. The molecule has 19 heavy (non-hydrogen) atoms. The van der Waals surface area contributed by atoms with Crippen LogP contribution in [-0.2, 0) is 16.0 Å². The van der Waals surface area contributed by atoms with E-state index in [0.717, 1.165) is 10.5 Å². The molecule has 1 aromatic carbocycles. The van der Waals surface area contributed by atoms with Crippen LogP contribution in [0.2, 0.25) is 0 Å². The number of carbonyl (C=O) groups excluding carboxylic acids is 3. The summed E-state index contributed by atoms with van der Waals surface area (Å²) in [7, 11) is 0. The molecule has 0 radical (unpaired) electrons. The van der Waals surface area contributed by atoms with Gasteiger partial charge in [0.1, 0.15) is 0 Å². The van der Waals surface area contributed by atoms with Crippen molar-refractivity contribution in [3.05, 3.63) is 35.9 Å². The fourth-order valence-electron chi connectivity index (χ4n) is 1.83. The lowest BCUT2D eigenvalue weighted by atomic mass is 10.1. The number of carbonyl (C=O) groups is 3. The molecule has 4 amide bonds. The first-order valence-electron chi connectivity index (χ1n) is 6.05. The van der Waals surface area contributed by atoms with Crippen molar-refractivity contribution in [3.8, 4) is 0 Å². The summed E-state index contributed by atoms with van der Waals surface area (Å²) in [6.45, 7) is 0.507. The van der Waals surface area contributed by atoms with Crippen LogP contribution in [0.4, 0.5) is 4.79 Å². The number of rotatable bonds is 5. The topological polar surface area (TPSA) is 78.5 Å². The minimum absolute atomic E-state index is 0.0385. The normalized spacial score (nSPS) is 14.4. The van der Waals surface area contributed by atoms with Gasteiger partial charge < -0.3 is 10.6 Å². The lowest BCUT2D eigenvalue weighted by Crippen LogP contribution is -2.39. The molecule has 6 nitrogen and oxygen atoms in total. The van der Waals surface area contributed by atoms with Crippen molar-refractivity contribution < 1.29 is 14.4 Å². The molecule has 1 fully saturated rings. The minimum Gasteiger partial charge on any atom is -0.354 e. The Hall–Kier alpha value is -2.37. The average molecular weight is 261 g/mol. The Balaban J connectivity index is 1.72. The van der Waals surface area contributed by atoms with Crippen molar-refractivity contribution in [1.82, 2.24) is 15.5 Å². The van der Waals surface area contributed by atoms with Crippen molar-refractivity contribution in [1.29, 1.82) is 0 Å². The number of urea groups is 1. The maximum Gasteiger partial charge on any atom is 0.324 e. The Morgan fingerprint density at radius 2 is 2.00 bits per heavy atom. The van der Waals surface area contributed by atoms with Gasteiger partial charge in [0, 0.05) is 13.1 Å². The number of imide groups is 1. The van der Waals surface area contributed by atoms with Crippen LogP contribution in [0.1, 0.15) is 5.56 Å². The molecule has 1 aromatic rings. The molecular formula is C13H15N3O3. The van der Waals surface area contributed by atoms with Crippen LogP contribution < -0.4 is 10.6 Å². The van der Waals surface area contributed by atoms with E-state index in [2.05, 4.69) is 10.6 Å². The van der Waals surface area contributed by atoms with Crippen LogP contribution >= 0.6 is 0 Å². The van der Waals surface area contributed by atoms with Gasteiger partial charge >= 0.3 is 6.03 Å². The Morgan fingerprint density at radius 1 is 1.26 bits per heavy atom. The van der Waals surface area contributed by atoms with Gasteiger partial charge in [-0.1, -0.05) is 30.3 Å². The fraction of sp³-hybridized carbons (Fsp3) is 0.308. The summed E-state index contributed by atoms with van der Waals surface area (Å²) >= 11 is 0. The van der Waals surface area contributed by atoms with E-state index < -0.39 is 6.03 Å². The summed E-state index contributed by atoms with van der Waals surface area (Å²) in [5.41, 5.74) is 0.926. The maximum absolute atomic E-state index is 11.6. The second-order valence-electron chi connectivity index (χ2n) is 4.22. The predicted molar refractivity (Wildman–Crippen MR) is 68.3 cm³/mol. The highest BCUT2D eigenvalue weighted by molar-refractivity contribution is 6.01. The molecule has 1 aliphatic heterocycles. The van der Waals surface area contributed by atoms with E-state index >= 15 is 0 Å². The van der Waals surface area contributed by atoms with Gasteiger partial charge in [0.05, 0.1) is 13.0 Å². The summed E-state index contributed by atoms with van der Waals surface area (Å²) in [5, 5.41) is 5.11. The van der Waals surface area contributed by atoms with Crippen molar-refractivity contribution in [2.45, 2.75) is 6.42 Å². The molecule has 0 unspecified atom stereocenters. The third-order valence-electron chi connectivity index (χ3n) is 2.80. The van der Waals surface area contributed by atoms with Crippen LogP contribution in [0, 0.1) is 0 Å². The first-order chi connectivity index (χ1) is 9.16. The zero-order chi connectivity index (χ0) is 13.7. The highest BCUT2D eigenvalue weighted by Crippen LogP contribution is 2.00. The van der Waals surface area contributed by atoms with Crippen molar-refractivity contribution in [2.75, 3.05) is 19.6 Å². The molecule has 1 heterocycles. The second-order valence-corrected chi connectivity index (χ2v) is 4.22. The van der Waals surface area contributed by atoms with E-state index in [1.165, 1.54) is 0 Å². The average Bonchev–Trinajstić information content (AvgIpc) is 2.71. The molecule has 0 bridgehead atoms. The molecule has 6 heteroatoms. The smallest absolute Gasteiger partial charge is 0.324 e. The van der Waals surface area contributed by atoms with E-state index in [1.807, 2.05) is 30.3 Å². The third kappa shape index (κ3) is 3.54. The van der Waals surface area contributed by atoms with Gasteiger partial charge in [-0.15, -0.1) is 0 Å². The predicted octanol–water partition coefficient (Wildman–Crippen LogP) is -0.103. The van der Waals surface area contributed by atoms with E-state index in [-0.39, 0.29) is 31.4 Å². The number of nitrogens with one attached hydrogen (secondary N) is 2. The number of hydrogen-bond acceptors (Lipinski definition) is 3. The molecule has 2 N–H and O–H groups in total. The van der Waals surface area contributed by atoms with Crippen molar-refractivity contribution in [2.24, 2.45) is 0 Å². The molecule has 0 atom stereocenters. The van der Waals surface area contributed by atoms with Crippen LogP contribution in [0.15, 0.2) is 30.3 Å². The number of amides is 4. The van der Waals surface area contributed by atoms with Crippen LogP contribution in [0.3, 0.4) is 0 Å². The summed E-state index contributed by atoms with van der Waals surface area (Å²) in [6, 6.07) is 8.97. The Labute approximate surface area is 110 Å². The van der Waals surface area contributed by atoms with Crippen LogP contribution in [0.25, 0.3) is 0 Å². The second kappa shape index (κ2) is 5.99. The molecule has 2 rings (SSSR count). The van der Waals surface area contributed by atoms with E-state index in [9.17, 15) is 14.4 Å². The molecule has 0 aromatic heterocycles. The molecule has 0 aliphatic carbocycles. The first-order valence-corrected chi connectivity index (χ1v) is 6.05. The highest BCUT2D eigenvalue weighted by Gasteiger charge is 2.27. The van der Waals surface area contributed by atoms with Crippen LogP contribution in [0.5, 0.6) is 0 Å². The first kappa shape index (κ1) is 13.1.